The number of halogens is 1. The van der Waals surface area contributed by atoms with E-state index in [2.05, 4.69) is 11.4 Å². The molecule has 0 spiro atoms. The lowest BCUT2D eigenvalue weighted by Crippen LogP contribution is -2.16. The van der Waals surface area contributed by atoms with Crippen molar-refractivity contribution in [3.8, 4) is 5.75 Å². The number of ketones is 1. The zero-order chi connectivity index (χ0) is 25.7. The molecule has 0 radical (unpaired) electrons. The number of anilines is 1. The molecule has 0 saturated carbocycles. The fourth-order valence-corrected chi connectivity index (χ4v) is 4.70. The van der Waals surface area contributed by atoms with Crippen LogP contribution in [-0.4, -0.2) is 21.3 Å². The van der Waals surface area contributed by atoms with Crippen molar-refractivity contribution in [1.82, 2.24) is 0 Å². The lowest BCUT2D eigenvalue weighted by atomic mass is 9.97. The molecule has 0 aliphatic rings. The van der Waals surface area contributed by atoms with Gasteiger partial charge < -0.3 is 10.1 Å². The molecule has 0 aromatic heterocycles. The van der Waals surface area contributed by atoms with Crippen molar-refractivity contribution >= 4 is 43.9 Å². The second-order valence-electron chi connectivity index (χ2n) is 8.61. The van der Waals surface area contributed by atoms with Crippen molar-refractivity contribution in [2.75, 3.05) is 12.4 Å². The van der Waals surface area contributed by atoms with Crippen LogP contribution < -0.4 is 15.2 Å². The Kier molecular flexibility index (Phi) is 7.94. The Morgan fingerprint density at radius 3 is 2.28 bits per heavy atom. The van der Waals surface area contributed by atoms with Gasteiger partial charge in [0.2, 0.25) is 10.0 Å². The van der Waals surface area contributed by atoms with E-state index in [1.807, 2.05) is 42.5 Å². The molecule has 0 aliphatic carbocycles. The van der Waals surface area contributed by atoms with Gasteiger partial charge in [0.1, 0.15) is 11.5 Å². The number of methoxy groups -OCH3 is 1. The number of rotatable bonds is 10. The summed E-state index contributed by atoms with van der Waals surface area (Å²) in [5.74, 6) is 0.920. The average molecular weight is 523 g/mol. The van der Waals surface area contributed by atoms with E-state index in [9.17, 15) is 13.2 Å². The maximum atomic E-state index is 13.0. The summed E-state index contributed by atoms with van der Waals surface area (Å²) < 4.78 is 28.4. The third-order valence-electron chi connectivity index (χ3n) is 6.03. The van der Waals surface area contributed by atoms with Gasteiger partial charge >= 0.3 is 0 Å². The maximum absolute atomic E-state index is 13.0. The van der Waals surface area contributed by atoms with Crippen LogP contribution >= 0.6 is 11.6 Å². The number of carbonyl (C=O) groups excluding carboxylic acids is 1. The van der Waals surface area contributed by atoms with Crippen LogP contribution in [0.4, 0.5) is 5.69 Å². The maximum Gasteiger partial charge on any atom is 0.238 e. The summed E-state index contributed by atoms with van der Waals surface area (Å²) in [6.45, 7) is 0. The summed E-state index contributed by atoms with van der Waals surface area (Å²) in [7, 11) is -2.13. The molecule has 0 aliphatic heterocycles. The topological polar surface area (TPSA) is 98.5 Å². The van der Waals surface area contributed by atoms with Gasteiger partial charge in [-0.1, -0.05) is 48.0 Å². The van der Waals surface area contributed by atoms with Crippen molar-refractivity contribution in [3.05, 3.63) is 101 Å². The Hall–Kier alpha value is -3.39. The van der Waals surface area contributed by atoms with Gasteiger partial charge in [0.15, 0.2) is 0 Å². The van der Waals surface area contributed by atoms with E-state index in [1.54, 1.807) is 31.4 Å². The number of benzene rings is 4. The normalized spacial score (nSPS) is 12.3. The minimum Gasteiger partial charge on any atom is -0.497 e. The first kappa shape index (κ1) is 25.7. The van der Waals surface area contributed by atoms with Crippen molar-refractivity contribution in [2.45, 2.75) is 30.2 Å². The number of primary sulfonamides is 1. The second kappa shape index (κ2) is 11.1. The number of nitrogens with two attached hydrogens (primary N) is 1. The van der Waals surface area contributed by atoms with Crippen molar-refractivity contribution in [3.63, 3.8) is 0 Å². The van der Waals surface area contributed by atoms with Crippen LogP contribution in [0.25, 0.3) is 10.8 Å². The largest absolute Gasteiger partial charge is 0.497 e. The first-order valence-corrected chi connectivity index (χ1v) is 13.4. The highest BCUT2D eigenvalue weighted by Gasteiger charge is 2.17. The Labute approximate surface area is 216 Å². The molecule has 4 aromatic rings. The molecule has 4 aromatic carbocycles. The van der Waals surface area contributed by atoms with E-state index >= 15 is 0 Å². The molecule has 36 heavy (non-hydrogen) atoms. The number of hydrogen-bond acceptors (Lipinski definition) is 5. The summed E-state index contributed by atoms with van der Waals surface area (Å²) in [4.78, 5) is 13.0. The standard InChI is InChI=1S/C28H27ClN2O4S/c1-35-26-13-7-21-16-19(2-4-22(21)17-26)3-12-25(32)18-28(20-5-8-23(29)9-6-20)31-24-10-14-27(15-11-24)36(30,33)34/h2,4-11,13-17,28,31H,3,12,18H2,1H3,(H2,30,33,34). The second-order valence-corrected chi connectivity index (χ2v) is 10.6. The molecule has 0 bridgehead atoms. The fraction of sp³-hybridized carbons (Fsp3) is 0.179. The van der Waals surface area contributed by atoms with Crippen LogP contribution in [0.3, 0.4) is 0 Å². The predicted octanol–water partition coefficient (Wildman–Crippen LogP) is 5.89. The first-order valence-electron chi connectivity index (χ1n) is 11.4. The third-order valence-corrected chi connectivity index (χ3v) is 7.21. The molecule has 186 valence electrons. The number of sulfonamides is 1. The quantitative estimate of drug-likeness (QED) is 0.270. The van der Waals surface area contributed by atoms with Gasteiger partial charge in [0.25, 0.3) is 0 Å². The zero-order valence-corrected chi connectivity index (χ0v) is 21.4. The Bertz CT molecular complexity index is 1470. The molecule has 4 rings (SSSR count). The van der Waals surface area contributed by atoms with Gasteiger partial charge in [-0.15, -0.1) is 0 Å². The van der Waals surface area contributed by atoms with E-state index in [-0.39, 0.29) is 23.1 Å². The highest BCUT2D eigenvalue weighted by molar-refractivity contribution is 7.89. The zero-order valence-electron chi connectivity index (χ0n) is 19.8. The van der Waals surface area contributed by atoms with E-state index in [0.717, 1.165) is 27.6 Å². The van der Waals surface area contributed by atoms with Gasteiger partial charge in [-0.3, -0.25) is 4.79 Å². The van der Waals surface area contributed by atoms with Gasteiger partial charge in [0, 0.05) is 23.6 Å². The number of nitrogens with one attached hydrogen (secondary N) is 1. The molecule has 1 atom stereocenters. The SMILES string of the molecule is COc1ccc2cc(CCC(=O)CC(Nc3ccc(S(N)(=O)=O)cc3)c3ccc(Cl)cc3)ccc2c1. The van der Waals surface area contributed by atoms with E-state index < -0.39 is 10.0 Å². The lowest BCUT2D eigenvalue weighted by molar-refractivity contribution is -0.119. The Morgan fingerprint density at radius 1 is 0.944 bits per heavy atom. The molecule has 0 amide bonds. The molecule has 6 nitrogen and oxygen atoms in total. The van der Waals surface area contributed by atoms with Crippen LogP contribution in [0.5, 0.6) is 5.75 Å². The van der Waals surface area contributed by atoms with Crippen LogP contribution in [0.2, 0.25) is 5.02 Å². The van der Waals surface area contributed by atoms with Gasteiger partial charge in [-0.05, 0) is 76.9 Å². The summed E-state index contributed by atoms with van der Waals surface area (Å²) in [5, 5.41) is 11.3. The molecular formula is C28H27ClN2O4S. The smallest absolute Gasteiger partial charge is 0.238 e. The van der Waals surface area contributed by atoms with Crippen LogP contribution in [0.1, 0.15) is 30.0 Å². The third kappa shape index (κ3) is 6.63. The molecule has 0 saturated heterocycles. The number of aryl methyl sites for hydroxylation is 1. The van der Waals surface area contributed by atoms with Crippen molar-refractivity contribution in [1.29, 1.82) is 0 Å². The number of fused-ring (bicyclic) bond motifs is 1. The van der Waals surface area contributed by atoms with Gasteiger partial charge in [-0.25, -0.2) is 13.6 Å². The van der Waals surface area contributed by atoms with Crippen molar-refractivity contribution in [2.24, 2.45) is 5.14 Å². The van der Waals surface area contributed by atoms with Crippen LogP contribution in [0.15, 0.2) is 89.8 Å². The average Bonchev–Trinajstić information content (AvgIpc) is 2.87. The summed E-state index contributed by atoms with van der Waals surface area (Å²) in [5.41, 5.74) is 2.68. The number of carbonyl (C=O) groups is 1. The summed E-state index contributed by atoms with van der Waals surface area (Å²) >= 11 is 6.06. The van der Waals surface area contributed by atoms with E-state index in [0.29, 0.717) is 23.6 Å². The number of Topliss-reactive ketones (excluding diaryl/α,β-unsaturated/α-hetero) is 1. The summed E-state index contributed by atoms with van der Waals surface area (Å²) in [6.07, 6.45) is 1.30. The molecule has 1 unspecified atom stereocenters. The van der Waals surface area contributed by atoms with Crippen LogP contribution in [0, 0.1) is 0 Å². The predicted molar refractivity (Wildman–Crippen MR) is 144 cm³/mol. The minimum atomic E-state index is -3.78. The fourth-order valence-electron chi connectivity index (χ4n) is 4.06. The van der Waals surface area contributed by atoms with E-state index in [4.69, 9.17) is 21.5 Å². The highest BCUT2D eigenvalue weighted by Crippen LogP contribution is 2.27. The van der Waals surface area contributed by atoms with Gasteiger partial charge in [0.05, 0.1) is 18.0 Å². The van der Waals surface area contributed by atoms with E-state index in [1.165, 1.54) is 12.1 Å². The highest BCUT2D eigenvalue weighted by atomic mass is 35.5. The molecule has 0 fully saturated rings. The molecular weight excluding hydrogens is 496 g/mol. The van der Waals surface area contributed by atoms with Crippen LogP contribution in [-0.2, 0) is 21.2 Å². The molecule has 8 heteroatoms. The lowest BCUT2D eigenvalue weighted by Gasteiger charge is -2.20. The first-order chi connectivity index (χ1) is 17.2. The number of hydrogen-bond donors (Lipinski definition) is 2. The Balaban J connectivity index is 1.46. The molecule has 3 N–H and O–H groups in total. The monoisotopic (exact) mass is 522 g/mol. The Morgan fingerprint density at radius 2 is 1.61 bits per heavy atom. The number of ether oxygens (including phenoxy) is 1. The summed E-state index contributed by atoms with van der Waals surface area (Å²) in [6, 6.07) is 25.3. The molecule has 0 heterocycles. The minimum absolute atomic E-state index is 0.0287. The van der Waals surface area contributed by atoms with Crippen molar-refractivity contribution < 1.29 is 17.9 Å². The van der Waals surface area contributed by atoms with Gasteiger partial charge in [-0.2, -0.15) is 0 Å².